The zero-order valence-corrected chi connectivity index (χ0v) is 19.1. The molecule has 9 nitrogen and oxygen atoms in total. The number of anilines is 3. The molecule has 9 heteroatoms. The number of ether oxygens (including phenoxy) is 1. The number of hydrogen-bond acceptors (Lipinski definition) is 8. The highest BCUT2D eigenvalue weighted by molar-refractivity contribution is 5.63. The monoisotopic (exact) mass is 447 g/mol. The van der Waals surface area contributed by atoms with Gasteiger partial charge in [0.1, 0.15) is 5.75 Å². The standard InChI is InChI=1S/C24H29N7O2/c1-17-20(16-25-23(26-17)30-9-3-4-10-30)21-15-22(32)28-24(27-21)31-13-11-29(12-14-31)18-5-7-19(33-2)8-6-18/h5-8,15-16H,3-4,9-14H2,1-2H3,(H,27,28,32). The second-order valence-corrected chi connectivity index (χ2v) is 8.49. The molecule has 0 aliphatic carbocycles. The summed E-state index contributed by atoms with van der Waals surface area (Å²) in [7, 11) is 1.67. The van der Waals surface area contributed by atoms with Crippen molar-refractivity contribution in [1.29, 1.82) is 0 Å². The molecule has 4 heterocycles. The van der Waals surface area contributed by atoms with Crippen molar-refractivity contribution in [2.24, 2.45) is 0 Å². The summed E-state index contributed by atoms with van der Waals surface area (Å²) in [5.41, 5.74) is 3.23. The maximum Gasteiger partial charge on any atom is 0.252 e. The van der Waals surface area contributed by atoms with E-state index < -0.39 is 0 Å². The lowest BCUT2D eigenvalue weighted by Crippen LogP contribution is -2.47. The number of aryl methyl sites for hydroxylation is 1. The quantitative estimate of drug-likeness (QED) is 0.638. The number of aromatic nitrogens is 4. The minimum atomic E-state index is -0.171. The van der Waals surface area contributed by atoms with E-state index in [2.05, 4.69) is 36.8 Å². The first-order chi connectivity index (χ1) is 16.1. The number of rotatable bonds is 5. The predicted molar refractivity (Wildman–Crippen MR) is 129 cm³/mol. The molecule has 1 aromatic carbocycles. The highest BCUT2D eigenvalue weighted by Gasteiger charge is 2.21. The van der Waals surface area contributed by atoms with Crippen LogP contribution in [0, 0.1) is 6.92 Å². The van der Waals surface area contributed by atoms with E-state index in [0.717, 1.165) is 67.9 Å². The van der Waals surface area contributed by atoms with Crippen molar-refractivity contribution in [3.05, 3.63) is 52.6 Å². The third-order valence-electron chi connectivity index (χ3n) is 6.38. The first-order valence-corrected chi connectivity index (χ1v) is 11.4. The van der Waals surface area contributed by atoms with Crippen molar-refractivity contribution in [3.8, 4) is 17.0 Å². The van der Waals surface area contributed by atoms with E-state index in [1.807, 2.05) is 19.1 Å². The molecule has 3 aromatic rings. The number of nitrogens with zero attached hydrogens (tertiary/aromatic N) is 6. The van der Waals surface area contributed by atoms with Gasteiger partial charge in [0.05, 0.1) is 18.5 Å². The molecule has 2 saturated heterocycles. The zero-order valence-electron chi connectivity index (χ0n) is 19.1. The van der Waals surface area contributed by atoms with Gasteiger partial charge in [-0.15, -0.1) is 0 Å². The smallest absolute Gasteiger partial charge is 0.252 e. The Bertz CT molecular complexity index is 1160. The van der Waals surface area contributed by atoms with E-state index in [1.54, 1.807) is 13.3 Å². The summed E-state index contributed by atoms with van der Waals surface area (Å²) >= 11 is 0. The SMILES string of the molecule is COc1ccc(N2CCN(c3nc(-c4cnc(N5CCCC5)nc4C)cc(=O)[nH]3)CC2)cc1. The van der Waals surface area contributed by atoms with Crippen molar-refractivity contribution in [1.82, 2.24) is 19.9 Å². The molecule has 0 saturated carbocycles. The Labute approximate surface area is 193 Å². The summed E-state index contributed by atoms with van der Waals surface area (Å²) < 4.78 is 5.25. The lowest BCUT2D eigenvalue weighted by molar-refractivity contribution is 0.415. The number of piperazine rings is 1. The van der Waals surface area contributed by atoms with Crippen molar-refractivity contribution < 1.29 is 4.74 Å². The molecule has 172 valence electrons. The van der Waals surface area contributed by atoms with Gasteiger partial charge in [0.2, 0.25) is 11.9 Å². The fraction of sp³-hybridized carbons (Fsp3) is 0.417. The van der Waals surface area contributed by atoms with Crippen molar-refractivity contribution in [2.75, 3.05) is 61.1 Å². The summed E-state index contributed by atoms with van der Waals surface area (Å²) in [5, 5.41) is 0. The second kappa shape index (κ2) is 9.09. The molecule has 5 rings (SSSR count). The average molecular weight is 448 g/mol. The maximum absolute atomic E-state index is 12.5. The molecule has 33 heavy (non-hydrogen) atoms. The summed E-state index contributed by atoms with van der Waals surface area (Å²) in [5.74, 6) is 2.20. The number of H-pyrrole nitrogens is 1. The van der Waals surface area contributed by atoms with Crippen LogP contribution in [0.1, 0.15) is 18.5 Å². The van der Waals surface area contributed by atoms with Crippen molar-refractivity contribution in [3.63, 3.8) is 0 Å². The molecule has 0 amide bonds. The molecule has 2 aliphatic rings. The fourth-order valence-corrected chi connectivity index (χ4v) is 4.48. The zero-order chi connectivity index (χ0) is 22.8. The normalized spacial score (nSPS) is 16.4. The lowest BCUT2D eigenvalue weighted by Gasteiger charge is -2.36. The minimum Gasteiger partial charge on any atom is -0.497 e. The molecular formula is C24H29N7O2. The average Bonchev–Trinajstić information content (AvgIpc) is 3.39. The Balaban J connectivity index is 1.32. The molecule has 0 bridgehead atoms. The van der Waals surface area contributed by atoms with Crippen LogP contribution < -0.4 is 25.0 Å². The Kier molecular flexibility index (Phi) is 5.85. The van der Waals surface area contributed by atoms with Crippen LogP contribution in [-0.2, 0) is 0 Å². The molecule has 2 aromatic heterocycles. The van der Waals surface area contributed by atoms with Gasteiger partial charge >= 0.3 is 0 Å². The maximum atomic E-state index is 12.5. The number of hydrogen-bond donors (Lipinski definition) is 1. The fourth-order valence-electron chi connectivity index (χ4n) is 4.48. The van der Waals surface area contributed by atoms with Gasteiger partial charge in [0, 0.05) is 62.8 Å². The molecular weight excluding hydrogens is 418 g/mol. The third-order valence-corrected chi connectivity index (χ3v) is 6.38. The van der Waals surface area contributed by atoms with Gasteiger partial charge in [-0.05, 0) is 44.0 Å². The van der Waals surface area contributed by atoms with Crippen LogP contribution in [-0.4, -0.2) is 66.3 Å². The van der Waals surface area contributed by atoms with E-state index in [-0.39, 0.29) is 5.56 Å². The topological polar surface area (TPSA) is 90.5 Å². The van der Waals surface area contributed by atoms with Crippen LogP contribution in [0.4, 0.5) is 17.6 Å². The summed E-state index contributed by atoms with van der Waals surface area (Å²) in [6.45, 7) is 7.15. The predicted octanol–water partition coefficient (Wildman–Crippen LogP) is 2.47. The van der Waals surface area contributed by atoms with Crippen molar-refractivity contribution >= 4 is 17.6 Å². The van der Waals surface area contributed by atoms with Crippen LogP contribution in [0.2, 0.25) is 0 Å². The summed E-state index contributed by atoms with van der Waals surface area (Å²) in [4.78, 5) is 36.1. The Hall–Kier alpha value is -3.62. The summed E-state index contributed by atoms with van der Waals surface area (Å²) in [6, 6.07) is 9.62. The Morgan fingerprint density at radius 1 is 0.909 bits per heavy atom. The second-order valence-electron chi connectivity index (χ2n) is 8.49. The molecule has 0 unspecified atom stereocenters. The number of nitrogens with one attached hydrogen (secondary N) is 1. The highest BCUT2D eigenvalue weighted by atomic mass is 16.5. The number of benzene rings is 1. The first-order valence-electron chi connectivity index (χ1n) is 11.4. The highest BCUT2D eigenvalue weighted by Crippen LogP contribution is 2.25. The Morgan fingerprint density at radius 3 is 2.27 bits per heavy atom. The van der Waals surface area contributed by atoms with Crippen LogP contribution in [0.5, 0.6) is 5.75 Å². The van der Waals surface area contributed by atoms with E-state index >= 15 is 0 Å². The number of methoxy groups -OCH3 is 1. The van der Waals surface area contributed by atoms with Gasteiger partial charge in [0.25, 0.3) is 5.56 Å². The molecule has 2 aliphatic heterocycles. The first kappa shape index (κ1) is 21.2. The van der Waals surface area contributed by atoms with Gasteiger partial charge in [-0.1, -0.05) is 0 Å². The van der Waals surface area contributed by atoms with E-state index in [0.29, 0.717) is 11.6 Å². The lowest BCUT2D eigenvalue weighted by atomic mass is 10.1. The third kappa shape index (κ3) is 4.48. The van der Waals surface area contributed by atoms with Gasteiger partial charge in [-0.25, -0.2) is 15.0 Å². The van der Waals surface area contributed by atoms with Gasteiger partial charge in [0.15, 0.2) is 0 Å². The van der Waals surface area contributed by atoms with Crippen LogP contribution in [0.25, 0.3) is 11.3 Å². The molecule has 1 N–H and O–H groups in total. The molecule has 0 atom stereocenters. The van der Waals surface area contributed by atoms with Crippen LogP contribution >= 0.6 is 0 Å². The van der Waals surface area contributed by atoms with E-state index in [9.17, 15) is 4.79 Å². The van der Waals surface area contributed by atoms with Gasteiger partial charge in [-0.2, -0.15) is 0 Å². The van der Waals surface area contributed by atoms with Crippen LogP contribution in [0.15, 0.2) is 41.3 Å². The Morgan fingerprint density at radius 2 is 1.61 bits per heavy atom. The van der Waals surface area contributed by atoms with Crippen LogP contribution in [0.3, 0.4) is 0 Å². The van der Waals surface area contributed by atoms with E-state index in [1.165, 1.54) is 18.9 Å². The van der Waals surface area contributed by atoms with Crippen molar-refractivity contribution in [2.45, 2.75) is 19.8 Å². The number of aromatic amines is 1. The van der Waals surface area contributed by atoms with Gasteiger partial charge in [-0.3, -0.25) is 9.78 Å². The largest absolute Gasteiger partial charge is 0.497 e. The molecule has 0 radical (unpaired) electrons. The van der Waals surface area contributed by atoms with Gasteiger partial charge < -0.3 is 19.4 Å². The van der Waals surface area contributed by atoms with E-state index in [4.69, 9.17) is 14.7 Å². The molecule has 2 fully saturated rings. The minimum absolute atomic E-state index is 0.171. The molecule has 0 spiro atoms. The summed E-state index contributed by atoms with van der Waals surface area (Å²) in [6.07, 6.45) is 4.15.